The van der Waals surface area contributed by atoms with E-state index < -0.39 is 17.1 Å². The highest BCUT2D eigenvalue weighted by Crippen LogP contribution is 2.30. The van der Waals surface area contributed by atoms with Gasteiger partial charge >= 0.3 is 5.97 Å². The second-order valence-electron chi connectivity index (χ2n) is 8.79. The molecule has 10 heteroatoms. The molecule has 40 heavy (non-hydrogen) atoms. The van der Waals surface area contributed by atoms with E-state index >= 15 is 0 Å². The van der Waals surface area contributed by atoms with E-state index in [1.807, 2.05) is 35.7 Å². The SMILES string of the molecule is CC(Sc1cccc(NC(=O)c2cccc3cccc(C(=O)O)c23)c1)C(=O)Nc1nc(-c2ccc(Br)cc2)cs1. The zero-order valence-electron chi connectivity index (χ0n) is 21.1. The number of thioether (sulfide) groups is 1. The van der Waals surface area contributed by atoms with Gasteiger partial charge in [-0.3, -0.25) is 9.59 Å². The highest BCUT2D eigenvalue weighted by atomic mass is 79.9. The van der Waals surface area contributed by atoms with Gasteiger partial charge in [-0.1, -0.05) is 58.4 Å². The first-order valence-corrected chi connectivity index (χ1v) is 14.7. The largest absolute Gasteiger partial charge is 0.478 e. The number of aromatic carboxylic acids is 1. The fraction of sp³-hybridized carbons (Fsp3) is 0.0667. The average molecular weight is 633 g/mol. The van der Waals surface area contributed by atoms with Gasteiger partial charge in [-0.15, -0.1) is 23.1 Å². The molecule has 0 radical (unpaired) electrons. The Morgan fingerprint density at radius 3 is 2.35 bits per heavy atom. The first-order chi connectivity index (χ1) is 19.3. The summed E-state index contributed by atoms with van der Waals surface area (Å²) >= 11 is 6.14. The number of nitrogens with zero attached hydrogens (tertiary/aromatic N) is 1. The van der Waals surface area contributed by atoms with Gasteiger partial charge in [-0.05, 0) is 54.8 Å². The van der Waals surface area contributed by atoms with Crippen molar-refractivity contribution in [3.05, 3.63) is 106 Å². The Labute approximate surface area is 246 Å². The summed E-state index contributed by atoms with van der Waals surface area (Å²) in [6.07, 6.45) is 0. The van der Waals surface area contributed by atoms with Crippen LogP contribution in [0.1, 0.15) is 27.6 Å². The van der Waals surface area contributed by atoms with Crippen molar-refractivity contribution in [2.45, 2.75) is 17.1 Å². The number of nitrogens with one attached hydrogen (secondary N) is 2. The number of amides is 2. The summed E-state index contributed by atoms with van der Waals surface area (Å²) in [6, 6.07) is 25.0. The van der Waals surface area contributed by atoms with Crippen molar-refractivity contribution in [3.8, 4) is 11.3 Å². The molecule has 3 N–H and O–H groups in total. The number of halogens is 1. The van der Waals surface area contributed by atoms with Crippen LogP contribution in [0.3, 0.4) is 0 Å². The number of anilines is 2. The van der Waals surface area contributed by atoms with E-state index in [1.165, 1.54) is 29.2 Å². The van der Waals surface area contributed by atoms with E-state index in [0.717, 1.165) is 20.6 Å². The number of carbonyl (C=O) groups is 3. The van der Waals surface area contributed by atoms with Gasteiger partial charge in [0, 0.05) is 36.9 Å². The van der Waals surface area contributed by atoms with Crippen LogP contribution < -0.4 is 10.6 Å². The predicted octanol–water partition coefficient (Wildman–Crippen LogP) is 7.80. The molecule has 0 aliphatic rings. The minimum absolute atomic E-state index is 0.0663. The van der Waals surface area contributed by atoms with E-state index in [-0.39, 0.29) is 17.0 Å². The van der Waals surface area contributed by atoms with Crippen LogP contribution >= 0.6 is 39.0 Å². The van der Waals surface area contributed by atoms with Crippen LogP contribution in [0.25, 0.3) is 22.0 Å². The van der Waals surface area contributed by atoms with Crippen molar-refractivity contribution in [2.75, 3.05) is 10.6 Å². The van der Waals surface area contributed by atoms with Crippen molar-refractivity contribution in [3.63, 3.8) is 0 Å². The van der Waals surface area contributed by atoms with Gasteiger partial charge in [0.25, 0.3) is 5.91 Å². The Morgan fingerprint density at radius 2 is 1.62 bits per heavy atom. The molecule has 2 amide bonds. The fourth-order valence-corrected chi connectivity index (χ4v) is 6.02. The van der Waals surface area contributed by atoms with Crippen LogP contribution in [0.4, 0.5) is 10.8 Å². The van der Waals surface area contributed by atoms with Gasteiger partial charge in [0.2, 0.25) is 5.91 Å². The lowest BCUT2D eigenvalue weighted by Crippen LogP contribution is -2.22. The maximum atomic E-state index is 13.2. The Hall–Kier alpha value is -3.99. The lowest BCUT2D eigenvalue weighted by Gasteiger charge is -2.13. The summed E-state index contributed by atoms with van der Waals surface area (Å²) in [4.78, 5) is 43.2. The molecule has 7 nitrogen and oxygen atoms in total. The molecule has 0 saturated heterocycles. The van der Waals surface area contributed by atoms with Crippen LogP contribution in [0.5, 0.6) is 0 Å². The number of benzene rings is 4. The van der Waals surface area contributed by atoms with Crippen molar-refractivity contribution < 1.29 is 19.5 Å². The van der Waals surface area contributed by atoms with Crippen molar-refractivity contribution in [1.82, 2.24) is 4.98 Å². The Balaban J connectivity index is 1.26. The van der Waals surface area contributed by atoms with Crippen LogP contribution in [-0.2, 0) is 4.79 Å². The lowest BCUT2D eigenvalue weighted by molar-refractivity contribution is -0.115. The molecule has 0 aliphatic heterocycles. The molecule has 0 spiro atoms. The summed E-state index contributed by atoms with van der Waals surface area (Å²) in [6.45, 7) is 1.80. The van der Waals surface area contributed by atoms with E-state index in [0.29, 0.717) is 21.6 Å². The van der Waals surface area contributed by atoms with Crippen LogP contribution in [0.15, 0.2) is 99.7 Å². The number of carbonyl (C=O) groups excluding carboxylic acids is 2. The van der Waals surface area contributed by atoms with E-state index in [9.17, 15) is 19.5 Å². The molecule has 1 unspecified atom stereocenters. The number of carboxylic acid groups (broad SMARTS) is 1. The van der Waals surface area contributed by atoms with Gasteiger partial charge in [-0.25, -0.2) is 9.78 Å². The smallest absolute Gasteiger partial charge is 0.336 e. The molecule has 1 heterocycles. The molecule has 4 aromatic carbocycles. The minimum Gasteiger partial charge on any atom is -0.478 e. The average Bonchev–Trinajstić information content (AvgIpc) is 3.41. The number of rotatable bonds is 8. The molecule has 0 fully saturated rings. The Bertz CT molecular complexity index is 1730. The molecule has 0 saturated carbocycles. The molecule has 200 valence electrons. The fourth-order valence-electron chi connectivity index (χ4n) is 4.10. The number of thiazole rings is 1. The molecule has 5 aromatic rings. The summed E-state index contributed by atoms with van der Waals surface area (Å²) in [5.74, 6) is -1.70. The quantitative estimate of drug-likeness (QED) is 0.151. The summed E-state index contributed by atoms with van der Waals surface area (Å²) < 4.78 is 0.982. The van der Waals surface area contributed by atoms with Crippen molar-refractivity contribution >= 4 is 78.4 Å². The molecular formula is C30H22BrN3O4S2. The van der Waals surface area contributed by atoms with Crippen molar-refractivity contribution in [1.29, 1.82) is 0 Å². The van der Waals surface area contributed by atoms with Crippen molar-refractivity contribution in [2.24, 2.45) is 0 Å². The maximum absolute atomic E-state index is 13.2. The third-order valence-corrected chi connectivity index (χ3v) is 8.41. The lowest BCUT2D eigenvalue weighted by atomic mass is 9.98. The van der Waals surface area contributed by atoms with Gasteiger partial charge in [-0.2, -0.15) is 0 Å². The molecule has 1 atom stereocenters. The minimum atomic E-state index is -1.10. The standard InChI is InChI=1S/C30H22BrN3O4S2/c1-17(27(35)34-30-33-25(16-39-30)18-11-13-20(31)14-12-18)40-22-8-4-7-21(15-22)32-28(36)23-9-2-5-19-6-3-10-24(26(19)23)29(37)38/h2-17H,1H3,(H,32,36)(H,37,38)(H,33,34,35). The molecule has 1 aromatic heterocycles. The highest BCUT2D eigenvalue weighted by Gasteiger charge is 2.19. The van der Waals surface area contributed by atoms with E-state index in [4.69, 9.17) is 0 Å². The summed E-state index contributed by atoms with van der Waals surface area (Å²) in [5.41, 5.74) is 2.62. The topological polar surface area (TPSA) is 108 Å². The van der Waals surface area contributed by atoms with E-state index in [2.05, 4.69) is 31.5 Å². The third-order valence-electron chi connectivity index (χ3n) is 6.03. The molecule has 0 bridgehead atoms. The first kappa shape index (κ1) is 27.6. The number of hydrogen-bond acceptors (Lipinski definition) is 6. The number of fused-ring (bicyclic) bond motifs is 1. The van der Waals surface area contributed by atoms with Gasteiger partial charge in [0.1, 0.15) is 0 Å². The van der Waals surface area contributed by atoms with Crippen LogP contribution in [0, 0.1) is 0 Å². The van der Waals surface area contributed by atoms with Gasteiger partial charge in [0.05, 0.1) is 16.5 Å². The zero-order valence-corrected chi connectivity index (χ0v) is 24.3. The Morgan fingerprint density at radius 1 is 0.925 bits per heavy atom. The molecule has 0 aliphatic carbocycles. The number of carboxylic acids is 1. The zero-order chi connectivity index (χ0) is 28.2. The molecule has 5 rings (SSSR count). The monoisotopic (exact) mass is 631 g/mol. The van der Waals surface area contributed by atoms with Crippen LogP contribution in [0.2, 0.25) is 0 Å². The second kappa shape index (κ2) is 12.0. The Kier molecular flexibility index (Phi) is 8.29. The number of aromatic nitrogens is 1. The van der Waals surface area contributed by atoms with Gasteiger partial charge < -0.3 is 15.7 Å². The maximum Gasteiger partial charge on any atom is 0.336 e. The normalized spacial score (nSPS) is 11.7. The third kappa shape index (κ3) is 6.25. The predicted molar refractivity (Wildman–Crippen MR) is 165 cm³/mol. The summed E-state index contributed by atoms with van der Waals surface area (Å²) in [7, 11) is 0. The summed E-state index contributed by atoms with van der Waals surface area (Å²) in [5, 5.41) is 18.4. The van der Waals surface area contributed by atoms with Crippen LogP contribution in [-0.4, -0.2) is 33.1 Å². The number of hydrogen-bond donors (Lipinski definition) is 3. The first-order valence-electron chi connectivity index (χ1n) is 12.1. The second-order valence-corrected chi connectivity index (χ2v) is 12.0. The highest BCUT2D eigenvalue weighted by molar-refractivity contribution is 9.10. The van der Waals surface area contributed by atoms with Gasteiger partial charge in [0.15, 0.2) is 5.13 Å². The molecular weight excluding hydrogens is 610 g/mol. The van der Waals surface area contributed by atoms with E-state index in [1.54, 1.807) is 55.5 Å².